The Kier molecular flexibility index (Phi) is 3.20. The van der Waals surface area contributed by atoms with E-state index in [-0.39, 0.29) is 5.57 Å². The van der Waals surface area contributed by atoms with Crippen LogP contribution in [-0.2, 0) is 0 Å². The summed E-state index contributed by atoms with van der Waals surface area (Å²) < 4.78 is 2.45. The zero-order chi connectivity index (χ0) is 14.3. The minimum atomic E-state index is -0.460. The fourth-order valence-corrected chi connectivity index (χ4v) is 2.09. The second-order valence-corrected chi connectivity index (χ2v) is 4.84. The van der Waals surface area contributed by atoms with Gasteiger partial charge in [0, 0.05) is 16.3 Å². The minimum absolute atomic E-state index is 0.290. The summed E-state index contributed by atoms with van der Waals surface area (Å²) in [6.07, 6.45) is 0. The molecular formula is C14H13ClN2O2. The number of hydrogen-bond acceptors (Lipinski definition) is 2. The van der Waals surface area contributed by atoms with Crippen molar-refractivity contribution in [3.63, 3.8) is 0 Å². The van der Waals surface area contributed by atoms with E-state index < -0.39 is 11.6 Å². The highest BCUT2D eigenvalue weighted by Gasteiger charge is 2.19. The number of imidazole rings is 1. The van der Waals surface area contributed by atoms with E-state index in [2.05, 4.69) is 13.2 Å². The van der Waals surface area contributed by atoms with Gasteiger partial charge in [-0.3, -0.25) is 9.36 Å². The molecule has 0 amide bonds. The van der Waals surface area contributed by atoms with Crippen molar-refractivity contribution >= 4 is 34.2 Å². The van der Waals surface area contributed by atoms with Crippen LogP contribution in [0.5, 0.6) is 0 Å². The number of carbonyl (C=O) groups is 1. The van der Waals surface area contributed by atoms with Crippen LogP contribution in [0.4, 0.5) is 0 Å². The number of rotatable bonds is 2. The average Bonchev–Trinajstić information content (AvgIpc) is 2.59. The Labute approximate surface area is 115 Å². The third-order valence-corrected chi connectivity index (χ3v) is 2.99. The summed E-state index contributed by atoms with van der Waals surface area (Å²) in [4.78, 5) is 24.4. The number of hydrogen-bond donors (Lipinski definition) is 0. The predicted molar refractivity (Wildman–Crippen MR) is 77.7 cm³/mol. The van der Waals surface area contributed by atoms with Crippen LogP contribution in [-0.4, -0.2) is 15.0 Å². The van der Waals surface area contributed by atoms with Gasteiger partial charge in [-0.2, -0.15) is 0 Å². The lowest BCUT2D eigenvalue weighted by Crippen LogP contribution is -2.28. The van der Waals surface area contributed by atoms with Gasteiger partial charge < -0.3 is 0 Å². The standard InChI is InChI=1S/C14H13ClN2O2/c1-8(2)13(18)17-11-6-5-10(15)7-12(11)16(9(3)4)14(17)19/h5-7H,1,3H2,2,4H3. The van der Waals surface area contributed by atoms with Gasteiger partial charge in [0.2, 0.25) is 0 Å². The Balaban J connectivity index is 2.97. The summed E-state index contributed by atoms with van der Waals surface area (Å²) in [5, 5.41) is 0.488. The Morgan fingerprint density at radius 3 is 2.32 bits per heavy atom. The van der Waals surface area contributed by atoms with E-state index in [0.29, 0.717) is 21.8 Å². The maximum atomic E-state index is 12.3. The van der Waals surface area contributed by atoms with Crippen LogP contribution in [0.3, 0.4) is 0 Å². The van der Waals surface area contributed by atoms with Gasteiger partial charge in [0.05, 0.1) is 11.0 Å². The Morgan fingerprint density at radius 1 is 1.16 bits per heavy atom. The molecule has 1 aromatic heterocycles. The van der Waals surface area contributed by atoms with Crippen LogP contribution < -0.4 is 5.69 Å². The summed E-state index contributed by atoms with van der Waals surface area (Å²) in [5.74, 6) is -0.433. The molecule has 19 heavy (non-hydrogen) atoms. The molecule has 2 aromatic rings. The molecule has 0 N–H and O–H groups in total. The van der Waals surface area contributed by atoms with Crippen molar-refractivity contribution in [2.75, 3.05) is 0 Å². The van der Waals surface area contributed by atoms with Crippen LogP contribution >= 0.6 is 11.6 Å². The largest absolute Gasteiger partial charge is 0.340 e. The molecule has 4 nitrogen and oxygen atoms in total. The number of fused-ring (bicyclic) bond motifs is 1. The summed E-state index contributed by atoms with van der Waals surface area (Å²) in [5.41, 5.74) is 1.39. The molecule has 2 rings (SSSR count). The van der Waals surface area contributed by atoms with Gasteiger partial charge in [-0.25, -0.2) is 9.36 Å². The normalized spacial score (nSPS) is 10.7. The monoisotopic (exact) mass is 276 g/mol. The zero-order valence-corrected chi connectivity index (χ0v) is 11.5. The van der Waals surface area contributed by atoms with Crippen LogP contribution in [0.2, 0.25) is 5.02 Å². The molecule has 1 aromatic carbocycles. The number of nitrogens with zero attached hydrogens (tertiary/aromatic N) is 2. The van der Waals surface area contributed by atoms with E-state index >= 15 is 0 Å². The van der Waals surface area contributed by atoms with Crippen LogP contribution in [0.25, 0.3) is 16.7 Å². The predicted octanol–water partition coefficient (Wildman–Crippen LogP) is 3.16. The van der Waals surface area contributed by atoms with E-state index in [0.717, 1.165) is 4.57 Å². The molecule has 0 aliphatic carbocycles. The van der Waals surface area contributed by atoms with Crippen molar-refractivity contribution in [3.05, 3.63) is 52.4 Å². The zero-order valence-electron chi connectivity index (χ0n) is 10.7. The van der Waals surface area contributed by atoms with Gasteiger partial charge in [0.1, 0.15) is 0 Å². The molecular weight excluding hydrogens is 264 g/mol. The van der Waals surface area contributed by atoms with Crippen LogP contribution in [0.1, 0.15) is 18.6 Å². The number of allylic oxidation sites excluding steroid dienone is 2. The fraction of sp³-hybridized carbons (Fsp3) is 0.143. The first-order valence-corrected chi connectivity index (χ1v) is 6.01. The maximum Gasteiger partial charge on any atom is 0.340 e. The molecule has 0 aliphatic heterocycles. The lowest BCUT2D eigenvalue weighted by molar-refractivity contribution is 0.0956. The molecule has 0 bridgehead atoms. The highest BCUT2D eigenvalue weighted by atomic mass is 35.5. The van der Waals surface area contributed by atoms with E-state index in [4.69, 9.17) is 11.6 Å². The summed E-state index contributed by atoms with van der Waals surface area (Å²) in [7, 11) is 0. The van der Waals surface area contributed by atoms with Crippen molar-refractivity contribution in [1.29, 1.82) is 0 Å². The summed E-state index contributed by atoms with van der Waals surface area (Å²) in [6.45, 7) is 10.6. The molecule has 98 valence electrons. The quantitative estimate of drug-likeness (QED) is 0.791. The number of carbonyl (C=O) groups excluding carboxylic acids is 1. The summed E-state index contributed by atoms with van der Waals surface area (Å²) >= 11 is 5.94. The minimum Gasteiger partial charge on any atom is -0.269 e. The Bertz CT molecular complexity index is 781. The number of halogens is 1. The SMILES string of the molecule is C=C(C)C(=O)n1c(=O)n(C(=C)C)c2cc(Cl)ccc21. The van der Waals surface area contributed by atoms with Gasteiger partial charge >= 0.3 is 5.69 Å². The third-order valence-electron chi connectivity index (χ3n) is 2.75. The highest BCUT2D eigenvalue weighted by molar-refractivity contribution is 6.31. The van der Waals surface area contributed by atoms with Gasteiger partial charge in [0.15, 0.2) is 0 Å². The highest BCUT2D eigenvalue weighted by Crippen LogP contribution is 2.21. The van der Waals surface area contributed by atoms with Crippen molar-refractivity contribution in [1.82, 2.24) is 9.13 Å². The second kappa shape index (κ2) is 4.55. The first-order chi connectivity index (χ1) is 8.84. The van der Waals surface area contributed by atoms with Gasteiger partial charge in [-0.1, -0.05) is 24.8 Å². The van der Waals surface area contributed by atoms with Crippen molar-refractivity contribution in [3.8, 4) is 0 Å². The number of benzene rings is 1. The topological polar surface area (TPSA) is 44.0 Å². The smallest absolute Gasteiger partial charge is 0.269 e. The summed E-state index contributed by atoms with van der Waals surface area (Å²) in [6, 6.07) is 4.91. The van der Waals surface area contributed by atoms with Crippen molar-refractivity contribution in [2.24, 2.45) is 0 Å². The molecule has 0 saturated heterocycles. The third kappa shape index (κ3) is 2.04. The van der Waals surface area contributed by atoms with E-state index in [9.17, 15) is 9.59 Å². The van der Waals surface area contributed by atoms with Crippen molar-refractivity contribution in [2.45, 2.75) is 13.8 Å². The molecule has 5 heteroatoms. The average molecular weight is 277 g/mol. The molecule has 0 saturated carbocycles. The molecule has 0 unspecified atom stereocenters. The van der Waals surface area contributed by atoms with Gasteiger partial charge in [-0.15, -0.1) is 0 Å². The van der Waals surface area contributed by atoms with Crippen LogP contribution in [0, 0.1) is 0 Å². The maximum absolute atomic E-state index is 12.3. The lowest BCUT2D eigenvalue weighted by Gasteiger charge is -2.00. The van der Waals surface area contributed by atoms with Gasteiger partial charge in [-0.05, 0) is 32.0 Å². The van der Waals surface area contributed by atoms with Crippen LogP contribution in [0.15, 0.2) is 41.7 Å². The first kappa shape index (κ1) is 13.4. The molecule has 1 heterocycles. The molecule has 0 radical (unpaired) electrons. The molecule has 0 spiro atoms. The second-order valence-electron chi connectivity index (χ2n) is 4.41. The van der Waals surface area contributed by atoms with Gasteiger partial charge in [0.25, 0.3) is 5.91 Å². The van der Waals surface area contributed by atoms with E-state index in [1.54, 1.807) is 32.0 Å². The molecule has 0 aliphatic rings. The lowest BCUT2D eigenvalue weighted by atomic mass is 10.3. The Hall–Kier alpha value is -2.07. The van der Waals surface area contributed by atoms with Crippen molar-refractivity contribution < 1.29 is 4.79 Å². The first-order valence-electron chi connectivity index (χ1n) is 5.63. The number of aromatic nitrogens is 2. The van der Waals surface area contributed by atoms with E-state index in [1.165, 1.54) is 4.57 Å². The Morgan fingerprint density at radius 2 is 1.79 bits per heavy atom. The fourth-order valence-electron chi connectivity index (χ4n) is 1.93. The van der Waals surface area contributed by atoms with E-state index in [1.807, 2.05) is 0 Å². The molecule has 0 fully saturated rings. The molecule has 0 atom stereocenters.